The molecule has 0 aromatic carbocycles. The topological polar surface area (TPSA) is 97.2 Å². The summed E-state index contributed by atoms with van der Waals surface area (Å²) < 4.78 is 0.498. The molecule has 1 aliphatic rings. The predicted octanol–water partition coefficient (Wildman–Crippen LogP) is 2.14. The van der Waals surface area contributed by atoms with Crippen molar-refractivity contribution in [1.82, 2.24) is 10.3 Å². The Morgan fingerprint density at radius 1 is 1.60 bits per heavy atom. The van der Waals surface area contributed by atoms with Crippen LogP contribution in [0.15, 0.2) is 10.7 Å². The fourth-order valence-corrected chi connectivity index (χ4v) is 2.10. The zero-order valence-corrected chi connectivity index (χ0v) is 12.7. The second-order valence-electron chi connectivity index (χ2n) is 4.84. The molecule has 0 saturated heterocycles. The van der Waals surface area contributed by atoms with Crippen molar-refractivity contribution >= 4 is 33.3 Å². The molecular weight excluding hydrogens is 328 g/mol. The van der Waals surface area contributed by atoms with E-state index in [0.29, 0.717) is 21.9 Å². The molecule has 0 aliphatic heterocycles. The zero-order valence-electron chi connectivity index (χ0n) is 11.1. The Morgan fingerprint density at radius 2 is 2.25 bits per heavy atom. The van der Waals surface area contributed by atoms with Crippen LogP contribution in [0.1, 0.15) is 25.3 Å². The van der Waals surface area contributed by atoms with Crippen molar-refractivity contribution in [2.24, 2.45) is 0 Å². The number of nitrogens with one attached hydrogen (secondary N) is 2. The van der Waals surface area contributed by atoms with Gasteiger partial charge in [0.25, 0.3) is 5.69 Å². The average Bonchev–Trinajstić information content (AvgIpc) is 3.18. The highest BCUT2D eigenvalue weighted by Gasteiger charge is 2.26. The van der Waals surface area contributed by atoms with Gasteiger partial charge in [-0.25, -0.2) is 4.98 Å². The highest BCUT2D eigenvalue weighted by molar-refractivity contribution is 9.10. The van der Waals surface area contributed by atoms with E-state index in [1.165, 1.54) is 6.20 Å². The maximum Gasteiger partial charge on any atom is 0.291 e. The van der Waals surface area contributed by atoms with Crippen molar-refractivity contribution in [2.45, 2.75) is 38.8 Å². The molecule has 1 aromatic rings. The van der Waals surface area contributed by atoms with E-state index in [9.17, 15) is 14.9 Å². The molecule has 0 radical (unpaired) electrons. The van der Waals surface area contributed by atoms with Crippen molar-refractivity contribution in [1.29, 1.82) is 0 Å². The van der Waals surface area contributed by atoms with Gasteiger partial charge in [-0.1, -0.05) is 0 Å². The summed E-state index contributed by atoms with van der Waals surface area (Å²) >= 11 is 3.28. The van der Waals surface area contributed by atoms with Gasteiger partial charge >= 0.3 is 0 Å². The Balaban J connectivity index is 2.10. The Bertz CT molecular complexity index is 560. The number of halogens is 1. The van der Waals surface area contributed by atoms with Crippen molar-refractivity contribution < 1.29 is 9.72 Å². The van der Waals surface area contributed by atoms with E-state index in [-0.39, 0.29) is 11.6 Å². The summed E-state index contributed by atoms with van der Waals surface area (Å²) in [5.41, 5.74) is 0.416. The van der Waals surface area contributed by atoms with E-state index in [1.807, 2.05) is 0 Å². The molecule has 8 heteroatoms. The number of carbonyl (C=O) groups is 1. The summed E-state index contributed by atoms with van der Waals surface area (Å²) in [7, 11) is 0. The molecule has 1 atom stereocenters. The fraction of sp³-hybridized carbons (Fsp3) is 0.500. The van der Waals surface area contributed by atoms with Gasteiger partial charge in [-0.05, 0) is 42.6 Å². The summed E-state index contributed by atoms with van der Waals surface area (Å²) in [6.07, 6.45) is 3.24. The maximum absolute atomic E-state index is 11.8. The number of pyridine rings is 1. The minimum absolute atomic E-state index is 0.0579. The van der Waals surface area contributed by atoms with Crippen LogP contribution in [0.4, 0.5) is 11.5 Å². The Hall–Kier alpha value is -1.70. The lowest BCUT2D eigenvalue weighted by atomic mass is 10.2. The van der Waals surface area contributed by atoms with Crippen LogP contribution in [-0.2, 0) is 4.79 Å². The first-order chi connectivity index (χ1) is 9.40. The van der Waals surface area contributed by atoms with Crippen LogP contribution < -0.4 is 10.6 Å². The summed E-state index contributed by atoms with van der Waals surface area (Å²) in [6.45, 7) is 3.35. The van der Waals surface area contributed by atoms with Gasteiger partial charge in [0, 0.05) is 11.6 Å². The third kappa shape index (κ3) is 3.24. The molecule has 7 nitrogen and oxygen atoms in total. The molecule has 20 heavy (non-hydrogen) atoms. The lowest BCUT2D eigenvalue weighted by Gasteiger charge is -2.16. The summed E-state index contributed by atoms with van der Waals surface area (Å²) in [5, 5.41) is 16.6. The minimum Gasteiger partial charge on any atom is -0.358 e. The Morgan fingerprint density at radius 3 is 2.80 bits per heavy atom. The lowest BCUT2D eigenvalue weighted by Crippen LogP contribution is -2.38. The molecule has 1 saturated carbocycles. The van der Waals surface area contributed by atoms with Crippen molar-refractivity contribution in [3.05, 3.63) is 26.3 Å². The number of anilines is 1. The van der Waals surface area contributed by atoms with E-state index in [2.05, 4.69) is 31.5 Å². The second-order valence-corrected chi connectivity index (χ2v) is 5.63. The van der Waals surface area contributed by atoms with Gasteiger partial charge in [-0.3, -0.25) is 14.9 Å². The van der Waals surface area contributed by atoms with Gasteiger partial charge in [0.15, 0.2) is 0 Å². The number of carbonyl (C=O) groups excluding carboxylic acids is 1. The van der Waals surface area contributed by atoms with E-state index in [4.69, 9.17) is 0 Å². The lowest BCUT2D eigenvalue weighted by molar-refractivity contribution is -0.385. The van der Waals surface area contributed by atoms with Crippen LogP contribution in [0.5, 0.6) is 0 Å². The smallest absolute Gasteiger partial charge is 0.291 e. The number of amides is 1. The fourth-order valence-electron chi connectivity index (χ4n) is 1.68. The molecule has 1 aromatic heterocycles. The number of aromatic nitrogens is 1. The van der Waals surface area contributed by atoms with E-state index < -0.39 is 11.0 Å². The molecule has 108 valence electrons. The number of nitro groups is 1. The van der Waals surface area contributed by atoms with Crippen LogP contribution in [0, 0.1) is 17.0 Å². The third-order valence-electron chi connectivity index (χ3n) is 3.10. The van der Waals surface area contributed by atoms with Gasteiger partial charge in [0.2, 0.25) is 5.91 Å². The van der Waals surface area contributed by atoms with Gasteiger partial charge in [-0.2, -0.15) is 0 Å². The predicted molar refractivity (Wildman–Crippen MR) is 77.6 cm³/mol. The number of hydrogen-bond acceptors (Lipinski definition) is 5. The monoisotopic (exact) mass is 342 g/mol. The molecule has 1 unspecified atom stereocenters. The molecule has 0 spiro atoms. The first-order valence-electron chi connectivity index (χ1n) is 6.26. The standard InChI is InChI=1S/C12H15BrN4O3/c1-6-9(17(19)20)5-14-11(10(6)13)15-7(2)12(18)16-8-3-4-8/h5,7-8H,3-4H2,1-2H3,(H,14,15)(H,16,18). The summed E-state index contributed by atoms with van der Waals surface area (Å²) in [5.74, 6) is 0.323. The highest BCUT2D eigenvalue weighted by Crippen LogP contribution is 2.30. The first-order valence-corrected chi connectivity index (χ1v) is 7.06. The van der Waals surface area contributed by atoms with Crippen molar-refractivity contribution in [3.63, 3.8) is 0 Å². The zero-order chi connectivity index (χ0) is 14.9. The second kappa shape index (κ2) is 5.74. The average molecular weight is 343 g/mol. The van der Waals surface area contributed by atoms with Gasteiger partial charge < -0.3 is 10.6 Å². The van der Waals surface area contributed by atoms with Crippen LogP contribution in [0.25, 0.3) is 0 Å². The molecule has 0 bridgehead atoms. The summed E-state index contributed by atoms with van der Waals surface area (Å²) in [6, 6.07) is -0.165. The van der Waals surface area contributed by atoms with E-state index >= 15 is 0 Å². The third-order valence-corrected chi connectivity index (χ3v) is 4.07. The molecule has 2 N–H and O–H groups in total. The first kappa shape index (κ1) is 14.7. The quantitative estimate of drug-likeness (QED) is 0.631. The van der Waals surface area contributed by atoms with Gasteiger partial charge in [-0.15, -0.1) is 0 Å². The van der Waals surface area contributed by atoms with Gasteiger partial charge in [0.05, 0.1) is 9.40 Å². The number of nitrogens with zero attached hydrogens (tertiary/aromatic N) is 2. The van der Waals surface area contributed by atoms with E-state index in [1.54, 1.807) is 13.8 Å². The van der Waals surface area contributed by atoms with Crippen LogP contribution in [0.2, 0.25) is 0 Å². The SMILES string of the molecule is Cc1c([N+](=O)[O-])cnc(NC(C)C(=O)NC2CC2)c1Br. The van der Waals surface area contributed by atoms with Crippen LogP contribution in [0.3, 0.4) is 0 Å². The maximum atomic E-state index is 11.8. The normalized spacial score (nSPS) is 15.6. The van der Waals surface area contributed by atoms with Crippen molar-refractivity contribution in [3.8, 4) is 0 Å². The Labute approximate surface area is 124 Å². The Kier molecular flexibility index (Phi) is 4.22. The number of hydrogen-bond donors (Lipinski definition) is 2. The molecule has 1 aliphatic carbocycles. The van der Waals surface area contributed by atoms with Crippen molar-refractivity contribution in [2.75, 3.05) is 5.32 Å². The molecule has 1 fully saturated rings. The minimum atomic E-state index is -0.486. The largest absolute Gasteiger partial charge is 0.358 e. The van der Waals surface area contributed by atoms with Crippen LogP contribution in [-0.4, -0.2) is 27.9 Å². The molecule has 1 amide bonds. The highest BCUT2D eigenvalue weighted by atomic mass is 79.9. The van der Waals surface area contributed by atoms with Crippen LogP contribution >= 0.6 is 15.9 Å². The molecular formula is C12H15BrN4O3. The van der Waals surface area contributed by atoms with E-state index in [0.717, 1.165) is 12.8 Å². The summed E-state index contributed by atoms with van der Waals surface area (Å²) in [4.78, 5) is 26.2. The molecule has 2 rings (SSSR count). The molecule has 1 heterocycles. The number of rotatable bonds is 5. The van der Waals surface area contributed by atoms with Gasteiger partial charge in [0.1, 0.15) is 18.1 Å².